The smallest absolute Gasteiger partial charge is 0.0605 e. The van der Waals surface area contributed by atoms with Crippen molar-refractivity contribution in [1.82, 2.24) is 0 Å². The van der Waals surface area contributed by atoms with Gasteiger partial charge in [-0.25, -0.2) is 0 Å². The quantitative estimate of drug-likeness (QED) is 0.372. The molecule has 1 heteroatoms. The Hall–Kier alpha value is -0.300. The zero-order valence-corrected chi connectivity index (χ0v) is 22.3. The first-order chi connectivity index (χ1) is 15.2. The largest absolute Gasteiger partial charge is 0.393 e. The van der Waals surface area contributed by atoms with Crippen LogP contribution in [0.4, 0.5) is 0 Å². The maximum atomic E-state index is 10.9. The average molecular weight is 443 g/mol. The summed E-state index contributed by atoms with van der Waals surface area (Å²) in [5, 5.41) is 10.9. The van der Waals surface area contributed by atoms with Crippen molar-refractivity contribution in [3.8, 4) is 0 Å². The van der Waals surface area contributed by atoms with E-state index in [1.807, 2.05) is 0 Å². The lowest BCUT2D eigenvalue weighted by atomic mass is 9.46. The highest BCUT2D eigenvalue weighted by Gasteiger charge is 2.59. The topological polar surface area (TPSA) is 20.2 Å². The lowest BCUT2D eigenvalue weighted by molar-refractivity contribution is -0.0700. The van der Waals surface area contributed by atoms with Crippen LogP contribution in [0.3, 0.4) is 0 Å². The minimum atomic E-state index is -0.0890. The molecule has 0 heterocycles. The summed E-state index contributed by atoms with van der Waals surface area (Å²) in [7, 11) is 0. The third kappa shape index (κ3) is 4.38. The molecule has 0 radical (unpaired) electrons. The Morgan fingerprint density at radius 1 is 1.03 bits per heavy atom. The highest BCUT2D eigenvalue weighted by molar-refractivity contribution is 5.26. The van der Waals surface area contributed by atoms with E-state index in [-0.39, 0.29) is 6.10 Å². The lowest BCUT2D eigenvalue weighted by Crippen LogP contribution is -2.52. The first-order valence-corrected chi connectivity index (χ1v) is 14.6. The molecule has 0 amide bonds. The van der Waals surface area contributed by atoms with Crippen LogP contribution in [0.15, 0.2) is 11.6 Å². The molecule has 9 atom stereocenters. The second-order valence-electron chi connectivity index (χ2n) is 13.7. The normalized spacial score (nSPS) is 44.6. The summed E-state index contributed by atoms with van der Waals surface area (Å²) >= 11 is 0. The second-order valence-corrected chi connectivity index (χ2v) is 13.7. The van der Waals surface area contributed by atoms with Gasteiger partial charge in [-0.2, -0.15) is 0 Å². The monoisotopic (exact) mass is 442 g/mol. The third-order valence-electron chi connectivity index (χ3n) is 11.4. The van der Waals surface area contributed by atoms with Crippen molar-refractivity contribution >= 4 is 0 Å². The van der Waals surface area contributed by atoms with Crippen molar-refractivity contribution < 1.29 is 5.11 Å². The number of unbranched alkanes of at least 4 members (excludes halogenated alkanes) is 1. The average Bonchev–Trinajstić information content (AvgIpc) is 3.09. The van der Waals surface area contributed by atoms with Crippen LogP contribution in [0.5, 0.6) is 0 Å². The standard InChI is InChI=1S/C31H54O/c1-7-8-12-23-20-31(6)24(19-29(23)32)13-14-25-27-16-15-26(22(4)11-9-10-21(2)3)30(27,5)18-17-28(25)31/h13,21-23,25-29,32H,7-12,14-20H2,1-6H3/t22-,23?,25+,26-,27+,28+,29?,30-,31+/m1/s1. The Morgan fingerprint density at radius 3 is 2.53 bits per heavy atom. The van der Waals surface area contributed by atoms with E-state index in [9.17, 15) is 5.11 Å². The van der Waals surface area contributed by atoms with Gasteiger partial charge in [0.15, 0.2) is 0 Å². The van der Waals surface area contributed by atoms with E-state index in [0.717, 1.165) is 41.9 Å². The number of hydrogen-bond acceptors (Lipinski definition) is 1. The van der Waals surface area contributed by atoms with Crippen LogP contribution in [-0.2, 0) is 0 Å². The van der Waals surface area contributed by atoms with Gasteiger partial charge in [0.05, 0.1) is 6.10 Å². The highest BCUT2D eigenvalue weighted by atomic mass is 16.3. The molecule has 0 aromatic carbocycles. The zero-order valence-electron chi connectivity index (χ0n) is 22.3. The summed E-state index contributed by atoms with van der Waals surface area (Å²) in [5.74, 6) is 5.93. The van der Waals surface area contributed by atoms with Crippen LogP contribution in [0.25, 0.3) is 0 Å². The number of aliphatic hydroxyl groups is 1. The predicted octanol–water partition coefficient (Wildman–Crippen LogP) is 8.81. The Bertz CT molecular complexity index is 663. The van der Waals surface area contributed by atoms with Crippen LogP contribution in [0.1, 0.15) is 125 Å². The van der Waals surface area contributed by atoms with Gasteiger partial charge in [0.25, 0.3) is 0 Å². The molecule has 3 saturated carbocycles. The summed E-state index contributed by atoms with van der Waals surface area (Å²) in [6.45, 7) is 15.0. The number of fused-ring (bicyclic) bond motifs is 5. The fourth-order valence-electron chi connectivity index (χ4n) is 9.61. The van der Waals surface area contributed by atoms with Crippen LogP contribution in [0, 0.1) is 52.3 Å². The Morgan fingerprint density at radius 2 is 1.81 bits per heavy atom. The van der Waals surface area contributed by atoms with Crippen molar-refractivity contribution in [2.24, 2.45) is 52.3 Å². The number of hydrogen-bond donors (Lipinski definition) is 1. The van der Waals surface area contributed by atoms with E-state index in [1.165, 1.54) is 77.0 Å². The molecule has 0 bridgehead atoms. The molecule has 1 nitrogen and oxygen atoms in total. The van der Waals surface area contributed by atoms with Gasteiger partial charge in [0, 0.05) is 0 Å². The van der Waals surface area contributed by atoms with Crippen LogP contribution in [0.2, 0.25) is 0 Å². The molecular formula is C31H54O. The fraction of sp³-hybridized carbons (Fsp3) is 0.935. The van der Waals surface area contributed by atoms with Gasteiger partial charge in [-0.15, -0.1) is 0 Å². The minimum Gasteiger partial charge on any atom is -0.393 e. The molecule has 4 aliphatic carbocycles. The highest BCUT2D eigenvalue weighted by Crippen LogP contribution is 2.67. The van der Waals surface area contributed by atoms with E-state index < -0.39 is 0 Å². The summed E-state index contributed by atoms with van der Waals surface area (Å²) < 4.78 is 0. The first-order valence-electron chi connectivity index (χ1n) is 14.6. The minimum absolute atomic E-state index is 0.0890. The third-order valence-corrected chi connectivity index (χ3v) is 11.4. The second kappa shape index (κ2) is 9.75. The number of aliphatic hydroxyl groups excluding tert-OH is 1. The molecule has 4 aliphatic rings. The van der Waals surface area contributed by atoms with E-state index in [2.05, 4.69) is 47.6 Å². The van der Waals surface area contributed by atoms with Crippen molar-refractivity contribution in [2.45, 2.75) is 131 Å². The molecule has 1 N–H and O–H groups in total. The molecule has 0 saturated heterocycles. The molecule has 0 spiro atoms. The molecule has 3 fully saturated rings. The molecular weight excluding hydrogens is 388 g/mol. The van der Waals surface area contributed by atoms with Crippen molar-refractivity contribution in [2.75, 3.05) is 0 Å². The molecule has 2 unspecified atom stereocenters. The molecule has 4 rings (SSSR count). The van der Waals surface area contributed by atoms with Crippen molar-refractivity contribution in [1.29, 1.82) is 0 Å². The van der Waals surface area contributed by atoms with Gasteiger partial charge in [-0.1, -0.05) is 85.3 Å². The van der Waals surface area contributed by atoms with Crippen LogP contribution < -0.4 is 0 Å². The zero-order chi connectivity index (χ0) is 23.1. The van der Waals surface area contributed by atoms with E-state index >= 15 is 0 Å². The van der Waals surface area contributed by atoms with Gasteiger partial charge in [0.2, 0.25) is 0 Å². The van der Waals surface area contributed by atoms with Crippen LogP contribution >= 0.6 is 0 Å². The molecule has 32 heavy (non-hydrogen) atoms. The van der Waals surface area contributed by atoms with Gasteiger partial charge < -0.3 is 5.11 Å². The maximum absolute atomic E-state index is 10.9. The molecule has 184 valence electrons. The van der Waals surface area contributed by atoms with Crippen molar-refractivity contribution in [3.63, 3.8) is 0 Å². The fourth-order valence-corrected chi connectivity index (χ4v) is 9.61. The van der Waals surface area contributed by atoms with Crippen molar-refractivity contribution in [3.05, 3.63) is 11.6 Å². The predicted molar refractivity (Wildman–Crippen MR) is 137 cm³/mol. The lowest BCUT2D eigenvalue weighted by Gasteiger charge is -2.59. The molecule has 0 aromatic heterocycles. The van der Waals surface area contributed by atoms with Gasteiger partial charge >= 0.3 is 0 Å². The van der Waals surface area contributed by atoms with Gasteiger partial charge in [-0.3, -0.25) is 0 Å². The maximum Gasteiger partial charge on any atom is 0.0605 e. The Balaban J connectivity index is 1.49. The van der Waals surface area contributed by atoms with Gasteiger partial charge in [0.1, 0.15) is 0 Å². The molecule has 0 aliphatic heterocycles. The summed E-state index contributed by atoms with van der Waals surface area (Å²) in [6, 6.07) is 0. The Labute approximate surface area is 200 Å². The number of rotatable bonds is 8. The van der Waals surface area contributed by atoms with E-state index in [0.29, 0.717) is 16.7 Å². The SMILES string of the molecule is CCCCC1C[C@@]2(C)C(=CC[C@H]3[C@@H]4CC[C@H]([C@H](C)CCCC(C)C)[C@@]4(C)CC[C@@H]32)CC1O. The summed E-state index contributed by atoms with van der Waals surface area (Å²) in [4.78, 5) is 0. The number of allylic oxidation sites excluding steroid dienone is 1. The van der Waals surface area contributed by atoms with E-state index in [1.54, 1.807) is 5.57 Å². The van der Waals surface area contributed by atoms with Gasteiger partial charge in [-0.05, 0) is 104 Å². The Kier molecular flexibility index (Phi) is 7.56. The summed E-state index contributed by atoms with van der Waals surface area (Å²) in [6.07, 6.45) is 20.0. The molecule has 0 aromatic rings. The van der Waals surface area contributed by atoms with E-state index in [4.69, 9.17) is 0 Å². The van der Waals surface area contributed by atoms with Crippen LogP contribution in [-0.4, -0.2) is 11.2 Å². The summed E-state index contributed by atoms with van der Waals surface area (Å²) in [5.41, 5.74) is 2.58. The first kappa shape index (κ1) is 24.8.